The van der Waals surface area contributed by atoms with Gasteiger partial charge in [-0.1, -0.05) is 12.1 Å². The standard InChI is InChI=1S/C30H31N3O4S/c1-35-21-9-6-8-19(14-21)28-26-11-7-13-32(26)29-25(24-10-4-5-12-27(24)38-29)18-33(28)30(34)31-20-15-22(36-2)17-23(16-20)37-3/h6-9,11,13-17,28H,4-5,10,12,18H2,1-3H3,(H,31,34)/t28-/m0/s1. The first-order valence-corrected chi connectivity index (χ1v) is 13.7. The van der Waals surface area contributed by atoms with Gasteiger partial charge in [0.2, 0.25) is 0 Å². The Morgan fingerprint density at radius 2 is 1.66 bits per heavy atom. The van der Waals surface area contributed by atoms with Gasteiger partial charge in [-0.25, -0.2) is 4.79 Å². The Balaban J connectivity index is 1.48. The average Bonchev–Trinajstić information content (AvgIpc) is 3.54. The van der Waals surface area contributed by atoms with Crippen molar-refractivity contribution in [3.05, 3.63) is 88.1 Å². The molecule has 7 nitrogen and oxygen atoms in total. The van der Waals surface area contributed by atoms with E-state index in [9.17, 15) is 4.79 Å². The minimum absolute atomic E-state index is 0.190. The molecule has 2 aromatic heterocycles. The Kier molecular flexibility index (Phi) is 6.49. The van der Waals surface area contributed by atoms with Crippen LogP contribution in [0, 0.1) is 0 Å². The number of anilines is 1. The fraction of sp³-hybridized carbons (Fsp3) is 0.300. The lowest BCUT2D eigenvalue weighted by Gasteiger charge is -2.31. The number of benzene rings is 2. The number of thiophene rings is 1. The van der Waals surface area contributed by atoms with Crippen LogP contribution in [0.5, 0.6) is 17.2 Å². The lowest BCUT2D eigenvalue weighted by molar-refractivity contribution is 0.194. The minimum Gasteiger partial charge on any atom is -0.497 e. The molecule has 0 unspecified atom stereocenters. The second kappa shape index (κ2) is 10.1. The molecule has 1 N–H and O–H groups in total. The van der Waals surface area contributed by atoms with Crippen LogP contribution in [0.2, 0.25) is 0 Å². The number of amides is 2. The van der Waals surface area contributed by atoms with Crippen molar-refractivity contribution >= 4 is 23.1 Å². The van der Waals surface area contributed by atoms with Gasteiger partial charge in [-0.3, -0.25) is 0 Å². The molecule has 1 atom stereocenters. The summed E-state index contributed by atoms with van der Waals surface area (Å²) in [5.74, 6) is 1.99. The average molecular weight is 530 g/mol. The lowest BCUT2D eigenvalue weighted by atomic mass is 9.95. The van der Waals surface area contributed by atoms with E-state index in [1.807, 2.05) is 34.4 Å². The number of hydrogen-bond donors (Lipinski definition) is 1. The zero-order valence-corrected chi connectivity index (χ0v) is 22.6. The Bertz CT molecular complexity index is 1470. The first-order chi connectivity index (χ1) is 18.6. The number of aryl methyl sites for hydroxylation is 1. The first kappa shape index (κ1) is 24.4. The third kappa shape index (κ3) is 4.28. The number of nitrogens with zero attached hydrogens (tertiary/aromatic N) is 2. The number of rotatable bonds is 5. The molecule has 196 valence electrons. The summed E-state index contributed by atoms with van der Waals surface area (Å²) >= 11 is 1.88. The van der Waals surface area contributed by atoms with Gasteiger partial charge in [0.15, 0.2) is 0 Å². The van der Waals surface area contributed by atoms with Gasteiger partial charge in [-0.15, -0.1) is 11.3 Å². The number of hydrogen-bond acceptors (Lipinski definition) is 5. The molecule has 0 radical (unpaired) electrons. The van der Waals surface area contributed by atoms with E-state index in [2.05, 4.69) is 34.3 Å². The topological polar surface area (TPSA) is 65.0 Å². The van der Waals surface area contributed by atoms with Crippen molar-refractivity contribution < 1.29 is 19.0 Å². The molecule has 0 saturated carbocycles. The van der Waals surface area contributed by atoms with Gasteiger partial charge < -0.3 is 29.0 Å². The van der Waals surface area contributed by atoms with Crippen LogP contribution in [0.25, 0.3) is 5.00 Å². The largest absolute Gasteiger partial charge is 0.497 e. The Morgan fingerprint density at radius 1 is 0.895 bits per heavy atom. The van der Waals surface area contributed by atoms with Crippen LogP contribution >= 0.6 is 11.3 Å². The highest BCUT2D eigenvalue weighted by molar-refractivity contribution is 7.15. The summed E-state index contributed by atoms with van der Waals surface area (Å²) in [6, 6.07) is 17.1. The Morgan fingerprint density at radius 3 is 2.42 bits per heavy atom. The lowest BCUT2D eigenvalue weighted by Crippen LogP contribution is -2.38. The zero-order valence-electron chi connectivity index (χ0n) is 21.8. The summed E-state index contributed by atoms with van der Waals surface area (Å²) in [7, 11) is 4.87. The Hall–Kier alpha value is -3.91. The maximum atomic E-state index is 14.2. The van der Waals surface area contributed by atoms with E-state index in [1.54, 1.807) is 39.5 Å². The zero-order chi connectivity index (χ0) is 26.2. The van der Waals surface area contributed by atoms with Crippen LogP contribution in [-0.2, 0) is 19.4 Å². The molecule has 2 aliphatic rings. The van der Waals surface area contributed by atoms with Crippen molar-refractivity contribution in [2.24, 2.45) is 0 Å². The van der Waals surface area contributed by atoms with Crippen molar-refractivity contribution in [1.82, 2.24) is 9.47 Å². The second-order valence-electron chi connectivity index (χ2n) is 9.64. The van der Waals surface area contributed by atoms with Gasteiger partial charge in [0.25, 0.3) is 0 Å². The van der Waals surface area contributed by atoms with Crippen LogP contribution in [-0.4, -0.2) is 36.8 Å². The number of fused-ring (bicyclic) bond motifs is 5. The number of ether oxygens (including phenoxy) is 3. The molecular formula is C30H31N3O4S. The van der Waals surface area contributed by atoms with E-state index < -0.39 is 0 Å². The smallest absolute Gasteiger partial charge is 0.322 e. The van der Waals surface area contributed by atoms with E-state index in [-0.39, 0.29) is 12.1 Å². The van der Waals surface area contributed by atoms with Crippen molar-refractivity contribution in [2.45, 2.75) is 38.3 Å². The van der Waals surface area contributed by atoms with Crippen molar-refractivity contribution in [3.63, 3.8) is 0 Å². The minimum atomic E-state index is -0.313. The summed E-state index contributed by atoms with van der Waals surface area (Å²) < 4.78 is 18.7. The summed E-state index contributed by atoms with van der Waals surface area (Å²) in [6.07, 6.45) is 6.70. The molecular weight excluding hydrogens is 498 g/mol. The third-order valence-corrected chi connectivity index (χ3v) is 8.79. The molecule has 1 aliphatic heterocycles. The molecule has 0 fully saturated rings. The monoisotopic (exact) mass is 529 g/mol. The summed E-state index contributed by atoms with van der Waals surface area (Å²) in [5.41, 5.74) is 5.33. The highest BCUT2D eigenvalue weighted by Crippen LogP contribution is 2.44. The van der Waals surface area contributed by atoms with Crippen molar-refractivity contribution in [2.75, 3.05) is 26.6 Å². The number of urea groups is 1. The highest BCUT2D eigenvalue weighted by atomic mass is 32.1. The second-order valence-corrected chi connectivity index (χ2v) is 10.7. The van der Waals surface area contributed by atoms with Gasteiger partial charge in [-0.2, -0.15) is 0 Å². The molecule has 6 rings (SSSR count). The van der Waals surface area contributed by atoms with E-state index in [0.717, 1.165) is 29.8 Å². The maximum Gasteiger partial charge on any atom is 0.322 e. The summed E-state index contributed by atoms with van der Waals surface area (Å²) in [4.78, 5) is 17.6. The van der Waals surface area contributed by atoms with Gasteiger partial charge in [0.1, 0.15) is 22.2 Å². The summed E-state index contributed by atoms with van der Waals surface area (Å²) in [5, 5.41) is 4.36. The fourth-order valence-electron chi connectivity index (χ4n) is 5.62. The quantitative estimate of drug-likeness (QED) is 0.317. The number of aromatic nitrogens is 1. The van der Waals surface area contributed by atoms with E-state index in [0.29, 0.717) is 23.7 Å². The van der Waals surface area contributed by atoms with Crippen LogP contribution in [0.1, 0.15) is 46.1 Å². The van der Waals surface area contributed by atoms with Crippen LogP contribution in [0.4, 0.5) is 10.5 Å². The van der Waals surface area contributed by atoms with Gasteiger partial charge >= 0.3 is 6.03 Å². The van der Waals surface area contributed by atoms with Crippen molar-refractivity contribution in [1.29, 1.82) is 0 Å². The molecule has 2 aromatic carbocycles. The number of carbonyl (C=O) groups is 1. The van der Waals surface area contributed by atoms with Gasteiger partial charge in [0, 0.05) is 40.5 Å². The van der Waals surface area contributed by atoms with Crippen LogP contribution < -0.4 is 19.5 Å². The molecule has 2 amide bonds. The molecule has 3 heterocycles. The maximum absolute atomic E-state index is 14.2. The highest BCUT2D eigenvalue weighted by Gasteiger charge is 2.36. The molecule has 0 spiro atoms. The molecule has 38 heavy (non-hydrogen) atoms. The van der Waals surface area contributed by atoms with E-state index in [1.165, 1.54) is 33.8 Å². The van der Waals surface area contributed by atoms with Crippen LogP contribution in [0.15, 0.2) is 60.8 Å². The first-order valence-electron chi connectivity index (χ1n) is 12.8. The normalized spacial score (nSPS) is 16.1. The predicted octanol–water partition coefficient (Wildman–Crippen LogP) is 6.58. The molecule has 0 bridgehead atoms. The molecule has 1 aliphatic carbocycles. The summed E-state index contributed by atoms with van der Waals surface area (Å²) in [6.45, 7) is 0.512. The molecule has 8 heteroatoms. The number of carbonyl (C=O) groups excluding carboxylic acids is 1. The number of nitrogens with one attached hydrogen (secondary N) is 1. The van der Waals surface area contributed by atoms with E-state index >= 15 is 0 Å². The van der Waals surface area contributed by atoms with Crippen molar-refractivity contribution in [3.8, 4) is 22.2 Å². The van der Waals surface area contributed by atoms with Crippen LogP contribution in [0.3, 0.4) is 0 Å². The SMILES string of the molecule is COc1cc(NC(=O)N2Cc3c(sc4c3CCCC4)-n3cccc3[C@@H]2c2cccc(OC)c2)cc(OC)c1. The fourth-order valence-corrected chi connectivity index (χ4v) is 7.03. The molecule has 4 aromatic rings. The number of methoxy groups -OCH3 is 3. The van der Waals surface area contributed by atoms with Gasteiger partial charge in [-0.05, 0) is 61.1 Å². The van der Waals surface area contributed by atoms with E-state index in [4.69, 9.17) is 14.2 Å². The van der Waals surface area contributed by atoms with Gasteiger partial charge in [0.05, 0.1) is 39.6 Å². The molecule has 0 saturated heterocycles. The Labute approximate surface area is 226 Å². The third-order valence-electron chi connectivity index (χ3n) is 7.45. The predicted molar refractivity (Wildman–Crippen MR) is 149 cm³/mol.